The topological polar surface area (TPSA) is 26.3 Å². The van der Waals surface area contributed by atoms with Gasteiger partial charge in [-0.05, 0) is 32.1 Å². The Kier molecular flexibility index (Phi) is 12.2. The van der Waals surface area contributed by atoms with Crippen LogP contribution in [0.5, 0.6) is 0 Å². The monoisotopic (exact) mass is 270 g/mol. The number of carbonyl (C=O) groups is 1. The molecule has 2 atom stereocenters. The van der Waals surface area contributed by atoms with E-state index < -0.39 is 0 Å². The van der Waals surface area contributed by atoms with Crippen LogP contribution in [0.15, 0.2) is 0 Å². The van der Waals surface area contributed by atoms with Gasteiger partial charge in [-0.25, -0.2) is 0 Å². The van der Waals surface area contributed by atoms with Crippen molar-refractivity contribution in [1.29, 1.82) is 0 Å². The van der Waals surface area contributed by atoms with Gasteiger partial charge in [-0.1, -0.05) is 59.3 Å². The van der Waals surface area contributed by atoms with Crippen molar-refractivity contribution in [3.8, 4) is 0 Å². The summed E-state index contributed by atoms with van der Waals surface area (Å²) in [6, 6.07) is 0. The van der Waals surface area contributed by atoms with Crippen LogP contribution in [-0.4, -0.2) is 12.1 Å². The SMILES string of the molecule is CCCCCC(=O)OC(C)CCC(CC)CCCC. The Balaban J connectivity index is 3.71. The Morgan fingerprint density at radius 2 is 1.63 bits per heavy atom. The van der Waals surface area contributed by atoms with Gasteiger partial charge in [-0.15, -0.1) is 0 Å². The molecule has 0 N–H and O–H groups in total. The summed E-state index contributed by atoms with van der Waals surface area (Å²) in [6.07, 6.45) is 11.3. The minimum atomic E-state index is -0.0115. The third-order valence-corrected chi connectivity index (χ3v) is 3.84. The Hall–Kier alpha value is -0.530. The largest absolute Gasteiger partial charge is 0.463 e. The van der Waals surface area contributed by atoms with Crippen molar-refractivity contribution in [2.24, 2.45) is 5.92 Å². The van der Waals surface area contributed by atoms with Crippen molar-refractivity contribution in [2.45, 2.75) is 98.0 Å². The molecule has 0 spiro atoms. The van der Waals surface area contributed by atoms with Gasteiger partial charge in [0, 0.05) is 6.42 Å². The zero-order valence-electron chi connectivity index (χ0n) is 13.5. The highest BCUT2D eigenvalue weighted by atomic mass is 16.5. The van der Waals surface area contributed by atoms with Crippen LogP contribution in [0.25, 0.3) is 0 Å². The molecule has 19 heavy (non-hydrogen) atoms. The summed E-state index contributed by atoms with van der Waals surface area (Å²) >= 11 is 0. The van der Waals surface area contributed by atoms with Crippen LogP contribution in [0.4, 0.5) is 0 Å². The highest BCUT2D eigenvalue weighted by Crippen LogP contribution is 2.20. The Bertz CT molecular complexity index is 213. The second kappa shape index (κ2) is 12.5. The number of rotatable bonds is 12. The van der Waals surface area contributed by atoms with Gasteiger partial charge >= 0.3 is 5.97 Å². The number of carbonyl (C=O) groups excluding carboxylic acids is 1. The summed E-state index contributed by atoms with van der Waals surface area (Å²) < 4.78 is 5.46. The van der Waals surface area contributed by atoms with Gasteiger partial charge < -0.3 is 4.74 Å². The maximum Gasteiger partial charge on any atom is 0.306 e. The number of unbranched alkanes of at least 4 members (excludes halogenated alkanes) is 3. The lowest BCUT2D eigenvalue weighted by molar-refractivity contribution is -0.148. The minimum Gasteiger partial charge on any atom is -0.463 e. The highest BCUT2D eigenvalue weighted by Gasteiger charge is 2.12. The molecule has 0 radical (unpaired) electrons. The van der Waals surface area contributed by atoms with Crippen molar-refractivity contribution < 1.29 is 9.53 Å². The average Bonchev–Trinajstić information content (AvgIpc) is 2.39. The average molecular weight is 270 g/mol. The van der Waals surface area contributed by atoms with E-state index in [9.17, 15) is 4.79 Å². The summed E-state index contributed by atoms with van der Waals surface area (Å²) in [7, 11) is 0. The summed E-state index contributed by atoms with van der Waals surface area (Å²) in [4.78, 5) is 11.6. The van der Waals surface area contributed by atoms with Gasteiger partial charge in [-0.3, -0.25) is 4.79 Å². The number of esters is 1. The molecule has 2 unspecified atom stereocenters. The fourth-order valence-electron chi connectivity index (χ4n) is 2.38. The van der Waals surface area contributed by atoms with Crippen molar-refractivity contribution in [1.82, 2.24) is 0 Å². The predicted molar refractivity (Wildman–Crippen MR) is 82.2 cm³/mol. The minimum absolute atomic E-state index is 0.0115. The van der Waals surface area contributed by atoms with Crippen LogP contribution in [-0.2, 0) is 9.53 Å². The lowest BCUT2D eigenvalue weighted by Crippen LogP contribution is -2.16. The zero-order chi connectivity index (χ0) is 14.5. The molecule has 2 nitrogen and oxygen atoms in total. The summed E-state index contributed by atoms with van der Waals surface area (Å²) in [6.45, 7) is 8.69. The van der Waals surface area contributed by atoms with E-state index in [1.54, 1.807) is 0 Å². The maximum atomic E-state index is 11.6. The quantitative estimate of drug-likeness (QED) is 0.346. The van der Waals surface area contributed by atoms with E-state index in [-0.39, 0.29) is 12.1 Å². The van der Waals surface area contributed by atoms with Crippen LogP contribution in [0, 0.1) is 5.92 Å². The summed E-state index contributed by atoms with van der Waals surface area (Å²) in [5.74, 6) is 0.795. The van der Waals surface area contributed by atoms with E-state index in [2.05, 4.69) is 20.8 Å². The van der Waals surface area contributed by atoms with Gasteiger partial charge in [0.05, 0.1) is 6.10 Å². The molecule has 114 valence electrons. The van der Waals surface area contributed by atoms with Crippen molar-refractivity contribution in [3.63, 3.8) is 0 Å². The standard InChI is InChI=1S/C17H34O2/c1-5-8-10-12-17(18)19-15(4)13-14-16(7-3)11-9-6-2/h15-16H,5-14H2,1-4H3. The van der Waals surface area contributed by atoms with E-state index in [1.807, 2.05) is 6.92 Å². The molecule has 0 saturated heterocycles. The van der Waals surface area contributed by atoms with Crippen LogP contribution < -0.4 is 0 Å². The summed E-state index contributed by atoms with van der Waals surface area (Å²) in [5, 5.41) is 0. The van der Waals surface area contributed by atoms with Crippen molar-refractivity contribution in [2.75, 3.05) is 0 Å². The molecular formula is C17H34O2. The van der Waals surface area contributed by atoms with E-state index in [1.165, 1.54) is 32.1 Å². The van der Waals surface area contributed by atoms with Crippen LogP contribution >= 0.6 is 0 Å². The molecular weight excluding hydrogens is 236 g/mol. The maximum absolute atomic E-state index is 11.6. The van der Waals surface area contributed by atoms with Crippen molar-refractivity contribution >= 4 is 5.97 Å². The first-order chi connectivity index (χ1) is 9.13. The molecule has 0 aromatic rings. The molecule has 0 amide bonds. The van der Waals surface area contributed by atoms with Crippen LogP contribution in [0.3, 0.4) is 0 Å². The van der Waals surface area contributed by atoms with Gasteiger partial charge in [0.1, 0.15) is 0 Å². The second-order valence-corrected chi connectivity index (χ2v) is 5.75. The van der Waals surface area contributed by atoms with Gasteiger partial charge in [0.15, 0.2) is 0 Å². The van der Waals surface area contributed by atoms with E-state index in [0.29, 0.717) is 6.42 Å². The molecule has 0 aliphatic heterocycles. The third-order valence-electron chi connectivity index (χ3n) is 3.84. The van der Waals surface area contributed by atoms with Gasteiger partial charge in [0.25, 0.3) is 0 Å². The number of hydrogen-bond donors (Lipinski definition) is 0. The first-order valence-corrected chi connectivity index (χ1v) is 8.33. The van der Waals surface area contributed by atoms with Crippen LogP contribution in [0.2, 0.25) is 0 Å². The van der Waals surface area contributed by atoms with Crippen LogP contribution in [0.1, 0.15) is 91.9 Å². The lowest BCUT2D eigenvalue weighted by Gasteiger charge is -2.18. The Labute approximate surface area is 120 Å². The van der Waals surface area contributed by atoms with Gasteiger partial charge in [0.2, 0.25) is 0 Å². The highest BCUT2D eigenvalue weighted by molar-refractivity contribution is 5.69. The molecule has 0 saturated carbocycles. The number of hydrogen-bond acceptors (Lipinski definition) is 2. The smallest absolute Gasteiger partial charge is 0.306 e. The molecule has 0 heterocycles. The zero-order valence-corrected chi connectivity index (χ0v) is 13.5. The molecule has 0 bridgehead atoms. The first-order valence-electron chi connectivity index (χ1n) is 8.33. The molecule has 0 aromatic carbocycles. The predicted octanol–water partition coefficient (Wildman–Crippen LogP) is 5.50. The lowest BCUT2D eigenvalue weighted by atomic mass is 9.93. The van der Waals surface area contributed by atoms with Crippen molar-refractivity contribution in [3.05, 3.63) is 0 Å². The molecule has 0 aliphatic rings. The molecule has 2 heteroatoms. The first kappa shape index (κ1) is 18.5. The van der Waals surface area contributed by atoms with Gasteiger partial charge in [-0.2, -0.15) is 0 Å². The fraction of sp³-hybridized carbons (Fsp3) is 0.941. The third kappa shape index (κ3) is 11.0. The molecule has 0 aliphatic carbocycles. The fourth-order valence-corrected chi connectivity index (χ4v) is 2.38. The molecule has 0 fully saturated rings. The summed E-state index contributed by atoms with van der Waals surface area (Å²) in [5.41, 5.74) is 0. The van der Waals surface area contributed by atoms with E-state index >= 15 is 0 Å². The number of ether oxygens (including phenoxy) is 1. The molecule has 0 rings (SSSR count). The molecule has 0 aromatic heterocycles. The Morgan fingerprint density at radius 1 is 0.947 bits per heavy atom. The Morgan fingerprint density at radius 3 is 2.21 bits per heavy atom. The second-order valence-electron chi connectivity index (χ2n) is 5.75. The van der Waals surface area contributed by atoms with E-state index in [4.69, 9.17) is 4.74 Å². The van der Waals surface area contributed by atoms with E-state index in [0.717, 1.165) is 31.6 Å². The normalized spacial score (nSPS) is 14.1.